The van der Waals surface area contributed by atoms with Crippen molar-refractivity contribution < 1.29 is 14.3 Å². The number of nitrogens with one attached hydrogen (secondary N) is 1. The second-order valence-electron chi connectivity index (χ2n) is 6.90. The minimum Gasteiger partial charge on any atom is -0.462 e. The summed E-state index contributed by atoms with van der Waals surface area (Å²) in [4.78, 5) is 29.0. The van der Waals surface area contributed by atoms with E-state index in [0.717, 1.165) is 16.6 Å². The maximum atomic E-state index is 12.2. The maximum absolute atomic E-state index is 12.2. The Hall–Kier alpha value is -3.15. The lowest BCUT2D eigenvalue weighted by Gasteiger charge is -2.12. The second-order valence-corrected chi connectivity index (χ2v) is 6.90. The Morgan fingerprint density at radius 1 is 1.07 bits per heavy atom. The number of ether oxygens (including phenoxy) is 1. The molecule has 1 aromatic heterocycles. The van der Waals surface area contributed by atoms with Crippen LogP contribution < -0.4 is 5.32 Å². The van der Waals surface area contributed by atoms with Gasteiger partial charge in [-0.05, 0) is 38.0 Å². The molecule has 3 aromatic rings. The summed E-state index contributed by atoms with van der Waals surface area (Å²) in [5, 5.41) is 2.91. The number of aryl methyl sites for hydroxylation is 1. The van der Waals surface area contributed by atoms with Crippen LogP contribution in [-0.4, -0.2) is 27.5 Å². The molecule has 6 heteroatoms. The Bertz CT molecular complexity index is 948. The smallest absolute Gasteiger partial charge is 0.326 e. The lowest BCUT2D eigenvalue weighted by Crippen LogP contribution is -2.26. The fraction of sp³-hybridized carbons (Fsp3) is 0.318. The van der Waals surface area contributed by atoms with Gasteiger partial charge in [-0.2, -0.15) is 0 Å². The van der Waals surface area contributed by atoms with Crippen molar-refractivity contribution in [3.8, 4) is 0 Å². The first kappa shape index (κ1) is 19.6. The van der Waals surface area contributed by atoms with Crippen molar-refractivity contribution in [3.05, 3.63) is 66.0 Å². The molecule has 0 atom stereocenters. The van der Waals surface area contributed by atoms with Crippen LogP contribution >= 0.6 is 0 Å². The number of hydrogen-bond donors (Lipinski definition) is 1. The summed E-state index contributed by atoms with van der Waals surface area (Å²) in [6.07, 6.45) is 0.909. The first-order chi connectivity index (χ1) is 13.5. The quantitative estimate of drug-likeness (QED) is 0.610. The van der Waals surface area contributed by atoms with Crippen LogP contribution in [0.15, 0.2) is 54.6 Å². The molecule has 0 saturated heterocycles. The Morgan fingerprint density at radius 3 is 2.54 bits per heavy atom. The zero-order chi connectivity index (χ0) is 19.9. The molecule has 1 N–H and O–H groups in total. The van der Waals surface area contributed by atoms with Crippen molar-refractivity contribution in [2.24, 2.45) is 0 Å². The molecular weight excluding hydrogens is 354 g/mol. The summed E-state index contributed by atoms with van der Waals surface area (Å²) in [6, 6.07) is 17.5. The normalized spacial score (nSPS) is 11.0. The lowest BCUT2D eigenvalue weighted by atomic mass is 10.1. The molecule has 0 radical (unpaired) electrons. The number of esters is 1. The number of benzene rings is 2. The first-order valence-corrected chi connectivity index (χ1v) is 9.47. The number of fused-ring (bicyclic) bond motifs is 1. The van der Waals surface area contributed by atoms with Crippen LogP contribution in [0.5, 0.6) is 0 Å². The van der Waals surface area contributed by atoms with Gasteiger partial charge >= 0.3 is 5.97 Å². The minimum atomic E-state index is -0.324. The van der Waals surface area contributed by atoms with Gasteiger partial charge in [-0.15, -0.1) is 0 Å². The molecule has 0 spiro atoms. The minimum absolute atomic E-state index is 0.0489. The number of imidazole rings is 1. The van der Waals surface area contributed by atoms with Gasteiger partial charge in [0.2, 0.25) is 5.91 Å². The zero-order valence-corrected chi connectivity index (χ0v) is 16.2. The van der Waals surface area contributed by atoms with Crippen LogP contribution in [-0.2, 0) is 33.8 Å². The van der Waals surface area contributed by atoms with Crippen LogP contribution in [0.2, 0.25) is 0 Å². The van der Waals surface area contributed by atoms with E-state index in [1.165, 1.54) is 0 Å². The van der Waals surface area contributed by atoms with Crippen LogP contribution in [0.1, 0.15) is 31.7 Å². The topological polar surface area (TPSA) is 73.2 Å². The number of para-hydroxylation sites is 2. The SMILES string of the molecule is CC(C)OC(=O)Cn1c(CNC(=O)CCc2ccccc2)nc2ccccc21. The number of hydrogen-bond acceptors (Lipinski definition) is 4. The van der Waals surface area contributed by atoms with Gasteiger partial charge in [0.05, 0.1) is 23.7 Å². The first-order valence-electron chi connectivity index (χ1n) is 9.47. The summed E-state index contributed by atoms with van der Waals surface area (Å²) in [5.41, 5.74) is 2.76. The highest BCUT2D eigenvalue weighted by molar-refractivity contribution is 5.79. The van der Waals surface area contributed by atoms with E-state index in [1.807, 2.05) is 68.4 Å². The van der Waals surface area contributed by atoms with Crippen molar-refractivity contribution in [3.63, 3.8) is 0 Å². The molecule has 28 heavy (non-hydrogen) atoms. The molecule has 6 nitrogen and oxygen atoms in total. The molecule has 1 heterocycles. The molecule has 2 aromatic carbocycles. The summed E-state index contributed by atoms with van der Waals surface area (Å²) in [6.45, 7) is 3.96. The van der Waals surface area contributed by atoms with Crippen LogP contribution in [0.3, 0.4) is 0 Å². The van der Waals surface area contributed by atoms with E-state index in [4.69, 9.17) is 4.74 Å². The molecule has 0 unspecified atom stereocenters. The Labute approximate surface area is 164 Å². The van der Waals surface area contributed by atoms with Gasteiger partial charge in [0.25, 0.3) is 0 Å². The third-order valence-corrected chi connectivity index (χ3v) is 4.32. The summed E-state index contributed by atoms with van der Waals surface area (Å²) in [5.74, 6) is 0.261. The molecule has 0 aliphatic rings. The van der Waals surface area contributed by atoms with Crippen molar-refractivity contribution in [1.82, 2.24) is 14.9 Å². The highest BCUT2D eigenvalue weighted by Crippen LogP contribution is 2.16. The van der Waals surface area contributed by atoms with Gasteiger partial charge in [0, 0.05) is 6.42 Å². The van der Waals surface area contributed by atoms with Gasteiger partial charge in [-0.25, -0.2) is 4.98 Å². The highest BCUT2D eigenvalue weighted by atomic mass is 16.5. The van der Waals surface area contributed by atoms with E-state index in [0.29, 0.717) is 18.7 Å². The molecular formula is C22H25N3O3. The van der Waals surface area contributed by atoms with E-state index in [1.54, 1.807) is 4.57 Å². The number of aromatic nitrogens is 2. The van der Waals surface area contributed by atoms with Crippen LogP contribution in [0.4, 0.5) is 0 Å². The monoisotopic (exact) mass is 379 g/mol. The average molecular weight is 379 g/mol. The standard InChI is InChI=1S/C22H25N3O3/c1-16(2)28-22(27)15-25-19-11-7-6-10-18(19)24-20(25)14-23-21(26)13-12-17-8-4-3-5-9-17/h3-11,16H,12-15H2,1-2H3,(H,23,26). The zero-order valence-electron chi connectivity index (χ0n) is 16.2. The Kier molecular flexibility index (Phi) is 6.42. The maximum Gasteiger partial charge on any atom is 0.326 e. The number of nitrogens with zero attached hydrogens (tertiary/aromatic N) is 2. The molecule has 1 amide bonds. The lowest BCUT2D eigenvalue weighted by molar-refractivity contribution is -0.148. The van der Waals surface area contributed by atoms with E-state index in [9.17, 15) is 9.59 Å². The third kappa shape index (κ3) is 5.19. The van der Waals surface area contributed by atoms with E-state index >= 15 is 0 Å². The number of carbonyl (C=O) groups is 2. The predicted molar refractivity (Wildman–Crippen MR) is 108 cm³/mol. The third-order valence-electron chi connectivity index (χ3n) is 4.32. The van der Waals surface area contributed by atoms with E-state index < -0.39 is 0 Å². The fourth-order valence-electron chi connectivity index (χ4n) is 3.03. The number of amides is 1. The van der Waals surface area contributed by atoms with E-state index in [-0.39, 0.29) is 31.1 Å². The van der Waals surface area contributed by atoms with E-state index in [2.05, 4.69) is 10.3 Å². The largest absolute Gasteiger partial charge is 0.462 e. The molecule has 0 aliphatic carbocycles. The number of rotatable bonds is 8. The molecule has 0 saturated carbocycles. The van der Waals surface area contributed by atoms with Gasteiger partial charge in [-0.3, -0.25) is 9.59 Å². The Balaban J connectivity index is 1.67. The van der Waals surface area contributed by atoms with Crippen molar-refractivity contribution in [2.75, 3.05) is 0 Å². The number of carbonyl (C=O) groups excluding carboxylic acids is 2. The van der Waals surface area contributed by atoms with Crippen LogP contribution in [0.25, 0.3) is 11.0 Å². The molecule has 146 valence electrons. The Morgan fingerprint density at radius 2 is 1.79 bits per heavy atom. The molecule has 0 bridgehead atoms. The van der Waals surface area contributed by atoms with Crippen molar-refractivity contribution >= 4 is 22.9 Å². The molecule has 0 fully saturated rings. The fourth-order valence-corrected chi connectivity index (χ4v) is 3.03. The van der Waals surface area contributed by atoms with Crippen LogP contribution in [0, 0.1) is 0 Å². The molecule has 0 aliphatic heterocycles. The second kappa shape index (κ2) is 9.17. The molecule has 3 rings (SSSR count). The van der Waals surface area contributed by atoms with Gasteiger partial charge < -0.3 is 14.6 Å². The summed E-state index contributed by atoms with van der Waals surface area (Å²) >= 11 is 0. The summed E-state index contributed by atoms with van der Waals surface area (Å²) in [7, 11) is 0. The highest BCUT2D eigenvalue weighted by Gasteiger charge is 2.15. The van der Waals surface area contributed by atoms with Gasteiger partial charge in [0.1, 0.15) is 12.4 Å². The van der Waals surface area contributed by atoms with Crippen molar-refractivity contribution in [2.45, 2.75) is 45.9 Å². The summed E-state index contributed by atoms with van der Waals surface area (Å²) < 4.78 is 7.07. The van der Waals surface area contributed by atoms with Crippen molar-refractivity contribution in [1.29, 1.82) is 0 Å². The van der Waals surface area contributed by atoms with Gasteiger partial charge in [0.15, 0.2) is 0 Å². The average Bonchev–Trinajstić information content (AvgIpc) is 3.02. The van der Waals surface area contributed by atoms with Gasteiger partial charge in [-0.1, -0.05) is 42.5 Å². The predicted octanol–water partition coefficient (Wildman–Crippen LogP) is 3.24.